The maximum Gasteiger partial charge on any atom is 0.257 e. The molecule has 0 aromatic heterocycles. The van der Waals surface area contributed by atoms with Crippen LogP contribution in [0, 0.1) is 0 Å². The molecule has 1 saturated heterocycles. The average molecular weight is 342 g/mol. The van der Waals surface area contributed by atoms with Gasteiger partial charge in [0.25, 0.3) is 5.91 Å². The van der Waals surface area contributed by atoms with Crippen molar-refractivity contribution in [1.29, 1.82) is 0 Å². The molecule has 1 aromatic carbocycles. The first kappa shape index (κ1) is 17.7. The first-order valence-electron chi connectivity index (χ1n) is 7.64. The number of rotatable bonds is 8. The van der Waals surface area contributed by atoms with E-state index in [9.17, 15) is 13.2 Å². The van der Waals surface area contributed by atoms with Crippen molar-refractivity contribution in [2.75, 3.05) is 32.8 Å². The molecule has 0 spiro atoms. The van der Waals surface area contributed by atoms with Gasteiger partial charge in [0.1, 0.15) is 5.75 Å². The van der Waals surface area contributed by atoms with Crippen molar-refractivity contribution in [3.63, 3.8) is 0 Å². The zero-order chi connectivity index (χ0) is 16.7. The van der Waals surface area contributed by atoms with Gasteiger partial charge in [0, 0.05) is 26.2 Å². The molecule has 0 saturated carbocycles. The maximum atomic E-state index is 12.4. The van der Waals surface area contributed by atoms with Crippen molar-refractivity contribution < 1.29 is 23.1 Å². The van der Waals surface area contributed by atoms with Crippen LogP contribution in [-0.4, -0.2) is 56.6 Å². The summed E-state index contributed by atoms with van der Waals surface area (Å²) in [6.07, 6.45) is 2.28. The lowest BCUT2D eigenvalue weighted by Gasteiger charge is -2.15. The molecular weight excluding hydrogens is 320 g/mol. The van der Waals surface area contributed by atoms with E-state index in [-0.39, 0.29) is 24.0 Å². The predicted octanol–water partition coefficient (Wildman–Crippen LogP) is 0.349. The molecule has 23 heavy (non-hydrogen) atoms. The second-order valence-corrected chi connectivity index (χ2v) is 7.24. The Kier molecular flexibility index (Phi) is 6.37. The Hall–Kier alpha value is -1.64. The Morgan fingerprint density at radius 2 is 1.87 bits per heavy atom. The lowest BCUT2D eigenvalue weighted by Crippen LogP contribution is -2.30. The van der Waals surface area contributed by atoms with E-state index >= 15 is 0 Å². The van der Waals surface area contributed by atoms with Crippen molar-refractivity contribution in [3.05, 3.63) is 24.3 Å². The van der Waals surface area contributed by atoms with Crippen LogP contribution in [0.25, 0.3) is 0 Å². The monoisotopic (exact) mass is 342 g/mol. The number of carbonyl (C=O) groups is 1. The summed E-state index contributed by atoms with van der Waals surface area (Å²) in [5, 5.41) is 11.2. The minimum atomic E-state index is -3.43. The van der Waals surface area contributed by atoms with Gasteiger partial charge in [-0.3, -0.25) is 4.79 Å². The summed E-state index contributed by atoms with van der Waals surface area (Å²) in [7, 11) is -3.43. The Morgan fingerprint density at radius 1 is 1.22 bits per heavy atom. The van der Waals surface area contributed by atoms with E-state index < -0.39 is 10.0 Å². The lowest BCUT2D eigenvalue weighted by molar-refractivity contribution is -0.123. The van der Waals surface area contributed by atoms with Crippen LogP contribution in [0.1, 0.15) is 19.3 Å². The fraction of sp³-hybridized carbons (Fsp3) is 0.533. The van der Waals surface area contributed by atoms with Crippen LogP contribution in [0.5, 0.6) is 5.75 Å². The number of amides is 1. The lowest BCUT2D eigenvalue weighted by atomic mass is 10.3. The third-order valence-electron chi connectivity index (χ3n) is 3.55. The number of aliphatic hydroxyl groups is 1. The third-order valence-corrected chi connectivity index (χ3v) is 5.47. The van der Waals surface area contributed by atoms with Crippen molar-refractivity contribution >= 4 is 15.9 Å². The topological polar surface area (TPSA) is 95.9 Å². The molecule has 0 unspecified atom stereocenters. The van der Waals surface area contributed by atoms with Gasteiger partial charge in [0.2, 0.25) is 10.0 Å². The van der Waals surface area contributed by atoms with E-state index in [4.69, 9.17) is 9.84 Å². The van der Waals surface area contributed by atoms with E-state index in [1.807, 2.05) is 0 Å². The zero-order valence-electron chi connectivity index (χ0n) is 12.9. The summed E-state index contributed by atoms with van der Waals surface area (Å²) in [4.78, 5) is 11.7. The number of carbonyl (C=O) groups excluding carboxylic acids is 1. The fourth-order valence-corrected chi connectivity index (χ4v) is 3.81. The molecular formula is C15H22N2O5S. The highest BCUT2D eigenvalue weighted by atomic mass is 32.2. The molecule has 8 heteroatoms. The molecule has 0 aliphatic carbocycles. The van der Waals surface area contributed by atoms with Crippen LogP contribution < -0.4 is 10.1 Å². The standard InChI is InChI=1S/C15H22N2O5S/c18-11-3-8-16-15(19)12-22-13-4-6-14(7-5-13)23(20,21)17-9-1-2-10-17/h4-7,18H,1-3,8-12H2,(H,16,19). The Bertz CT molecular complexity index is 609. The number of hydrogen-bond acceptors (Lipinski definition) is 5. The quantitative estimate of drug-likeness (QED) is 0.665. The van der Waals surface area contributed by atoms with E-state index in [2.05, 4.69) is 5.32 Å². The van der Waals surface area contributed by atoms with Crippen LogP contribution in [0.3, 0.4) is 0 Å². The van der Waals surface area contributed by atoms with E-state index in [1.165, 1.54) is 16.4 Å². The van der Waals surface area contributed by atoms with Crippen LogP contribution in [0.15, 0.2) is 29.2 Å². The molecule has 2 N–H and O–H groups in total. The largest absolute Gasteiger partial charge is 0.484 e. The van der Waals surface area contributed by atoms with Gasteiger partial charge in [-0.2, -0.15) is 4.31 Å². The van der Waals surface area contributed by atoms with Gasteiger partial charge in [-0.25, -0.2) is 8.42 Å². The van der Waals surface area contributed by atoms with Crippen LogP contribution in [-0.2, 0) is 14.8 Å². The molecule has 1 heterocycles. The Labute approximate surface area is 136 Å². The molecule has 0 bridgehead atoms. The van der Waals surface area contributed by atoms with Gasteiger partial charge in [-0.05, 0) is 43.5 Å². The normalized spacial score (nSPS) is 15.5. The van der Waals surface area contributed by atoms with Crippen LogP contribution in [0.2, 0.25) is 0 Å². The Balaban J connectivity index is 1.88. The molecule has 7 nitrogen and oxygen atoms in total. The average Bonchev–Trinajstić information content (AvgIpc) is 3.09. The predicted molar refractivity (Wildman–Crippen MR) is 84.6 cm³/mol. The van der Waals surface area contributed by atoms with Crippen LogP contribution in [0.4, 0.5) is 0 Å². The summed E-state index contributed by atoms with van der Waals surface area (Å²) in [6.45, 7) is 1.40. The molecule has 1 aliphatic rings. The maximum absolute atomic E-state index is 12.4. The number of nitrogens with one attached hydrogen (secondary N) is 1. The highest BCUT2D eigenvalue weighted by molar-refractivity contribution is 7.89. The first-order chi connectivity index (χ1) is 11.0. The summed E-state index contributed by atoms with van der Waals surface area (Å²) in [5.41, 5.74) is 0. The van der Waals surface area contributed by atoms with Gasteiger partial charge >= 0.3 is 0 Å². The highest BCUT2D eigenvalue weighted by Gasteiger charge is 2.26. The first-order valence-corrected chi connectivity index (χ1v) is 9.08. The number of benzene rings is 1. The van der Waals surface area contributed by atoms with Crippen molar-refractivity contribution in [1.82, 2.24) is 9.62 Å². The molecule has 1 amide bonds. The summed E-state index contributed by atoms with van der Waals surface area (Å²) in [5.74, 6) is 0.148. The molecule has 1 aromatic rings. The molecule has 1 aliphatic heterocycles. The zero-order valence-corrected chi connectivity index (χ0v) is 13.7. The number of sulfonamides is 1. The van der Waals surface area contributed by atoms with Crippen molar-refractivity contribution in [2.24, 2.45) is 0 Å². The van der Waals surface area contributed by atoms with Crippen molar-refractivity contribution in [2.45, 2.75) is 24.2 Å². The molecule has 0 atom stereocenters. The second-order valence-electron chi connectivity index (χ2n) is 5.30. The van der Waals surface area contributed by atoms with Crippen LogP contribution >= 0.6 is 0 Å². The molecule has 128 valence electrons. The summed E-state index contributed by atoms with van der Waals surface area (Å²) < 4.78 is 31.5. The summed E-state index contributed by atoms with van der Waals surface area (Å²) >= 11 is 0. The Morgan fingerprint density at radius 3 is 2.48 bits per heavy atom. The fourth-order valence-electron chi connectivity index (χ4n) is 2.29. The molecule has 2 rings (SSSR count). The minimum absolute atomic E-state index is 0.0219. The summed E-state index contributed by atoms with van der Waals surface area (Å²) in [6, 6.07) is 6.08. The van der Waals surface area contributed by atoms with Gasteiger partial charge in [0.05, 0.1) is 4.90 Å². The van der Waals surface area contributed by atoms with E-state index in [0.717, 1.165) is 12.8 Å². The number of hydrogen-bond donors (Lipinski definition) is 2. The molecule has 0 radical (unpaired) electrons. The molecule has 1 fully saturated rings. The second kappa shape index (κ2) is 8.28. The SMILES string of the molecule is O=C(COc1ccc(S(=O)(=O)N2CCCC2)cc1)NCCCO. The van der Waals surface area contributed by atoms with E-state index in [1.54, 1.807) is 12.1 Å². The smallest absolute Gasteiger partial charge is 0.257 e. The highest BCUT2D eigenvalue weighted by Crippen LogP contribution is 2.22. The van der Waals surface area contributed by atoms with E-state index in [0.29, 0.717) is 31.8 Å². The van der Waals surface area contributed by atoms with Gasteiger partial charge in [0.15, 0.2) is 6.61 Å². The van der Waals surface area contributed by atoms with Gasteiger partial charge in [-0.15, -0.1) is 0 Å². The van der Waals surface area contributed by atoms with Gasteiger partial charge < -0.3 is 15.2 Å². The number of nitrogens with zero attached hydrogens (tertiary/aromatic N) is 1. The number of ether oxygens (including phenoxy) is 1. The minimum Gasteiger partial charge on any atom is -0.484 e. The third kappa shape index (κ3) is 4.92. The number of aliphatic hydroxyl groups excluding tert-OH is 1. The van der Waals surface area contributed by atoms with Crippen molar-refractivity contribution in [3.8, 4) is 5.75 Å². The van der Waals surface area contributed by atoms with Gasteiger partial charge in [-0.1, -0.05) is 0 Å².